The van der Waals surface area contributed by atoms with Crippen LogP contribution < -0.4 is 5.32 Å². The van der Waals surface area contributed by atoms with Crippen molar-refractivity contribution in [3.8, 4) is 0 Å². The molecule has 1 aromatic carbocycles. The lowest BCUT2D eigenvalue weighted by Crippen LogP contribution is -2.30. The molecule has 1 aliphatic rings. The number of benzene rings is 1. The van der Waals surface area contributed by atoms with Crippen molar-refractivity contribution in [1.29, 1.82) is 0 Å². The van der Waals surface area contributed by atoms with Crippen LogP contribution in [0.1, 0.15) is 25.1 Å². The molecule has 20 heavy (non-hydrogen) atoms. The van der Waals surface area contributed by atoms with Gasteiger partial charge >= 0.3 is 0 Å². The molecule has 2 aromatic rings. The lowest BCUT2D eigenvalue weighted by atomic mass is 10.2. The third-order valence-corrected chi connectivity index (χ3v) is 5.80. The molecule has 3 rings (SSSR count). The van der Waals surface area contributed by atoms with E-state index in [9.17, 15) is 8.42 Å². The van der Waals surface area contributed by atoms with E-state index in [1.54, 1.807) is 0 Å². The zero-order chi connectivity index (χ0) is 14.3. The predicted molar refractivity (Wildman–Crippen MR) is 82.5 cm³/mol. The summed E-state index contributed by atoms with van der Waals surface area (Å²) in [6.45, 7) is 2.01. The zero-order valence-electron chi connectivity index (χ0n) is 11.1. The molecule has 108 valence electrons. The van der Waals surface area contributed by atoms with Gasteiger partial charge in [0.25, 0.3) is 0 Å². The third-order valence-electron chi connectivity index (χ3n) is 3.61. The van der Waals surface area contributed by atoms with Crippen LogP contribution in [0.4, 0.5) is 0 Å². The second kappa shape index (κ2) is 5.16. The molecular formula is C14H16BrNO3S. The van der Waals surface area contributed by atoms with Crippen molar-refractivity contribution in [3.63, 3.8) is 0 Å². The van der Waals surface area contributed by atoms with Crippen LogP contribution in [-0.2, 0) is 9.84 Å². The first-order valence-corrected chi connectivity index (χ1v) is 9.20. The van der Waals surface area contributed by atoms with Gasteiger partial charge in [0.2, 0.25) is 0 Å². The van der Waals surface area contributed by atoms with Gasteiger partial charge < -0.3 is 9.73 Å². The zero-order valence-corrected chi connectivity index (χ0v) is 13.5. The van der Waals surface area contributed by atoms with Crippen LogP contribution >= 0.6 is 15.9 Å². The first kappa shape index (κ1) is 14.1. The summed E-state index contributed by atoms with van der Waals surface area (Å²) >= 11 is 3.42. The molecule has 0 spiro atoms. The monoisotopic (exact) mass is 357 g/mol. The van der Waals surface area contributed by atoms with Crippen molar-refractivity contribution in [1.82, 2.24) is 5.32 Å². The number of fused-ring (bicyclic) bond motifs is 1. The van der Waals surface area contributed by atoms with Gasteiger partial charge in [-0.05, 0) is 37.6 Å². The van der Waals surface area contributed by atoms with Crippen molar-refractivity contribution >= 4 is 36.7 Å². The Hall–Kier alpha value is -0.850. The highest BCUT2D eigenvalue weighted by Gasteiger charge is 2.28. The molecule has 2 unspecified atom stereocenters. The number of rotatable bonds is 1. The van der Waals surface area contributed by atoms with E-state index < -0.39 is 9.84 Å². The fourth-order valence-electron chi connectivity index (χ4n) is 2.54. The molecule has 0 saturated carbocycles. The van der Waals surface area contributed by atoms with Gasteiger partial charge in [0.1, 0.15) is 11.3 Å². The van der Waals surface area contributed by atoms with Crippen molar-refractivity contribution in [3.05, 3.63) is 34.5 Å². The van der Waals surface area contributed by atoms with Crippen LogP contribution in [0.5, 0.6) is 0 Å². The maximum atomic E-state index is 12.0. The van der Waals surface area contributed by atoms with Crippen LogP contribution in [0.15, 0.2) is 33.2 Å². The number of nitrogens with one attached hydrogen (secondary N) is 1. The van der Waals surface area contributed by atoms with Crippen molar-refractivity contribution < 1.29 is 12.8 Å². The van der Waals surface area contributed by atoms with Gasteiger partial charge in [0, 0.05) is 15.9 Å². The fourth-order valence-corrected chi connectivity index (χ4v) is 4.57. The maximum absolute atomic E-state index is 12.0. The molecule has 0 amide bonds. The first-order valence-electron chi connectivity index (χ1n) is 6.58. The van der Waals surface area contributed by atoms with Crippen molar-refractivity contribution in [2.24, 2.45) is 0 Å². The smallest absolute Gasteiger partial charge is 0.152 e. The maximum Gasteiger partial charge on any atom is 0.152 e. The van der Waals surface area contributed by atoms with E-state index >= 15 is 0 Å². The highest BCUT2D eigenvalue weighted by molar-refractivity contribution is 9.10. The molecule has 2 heterocycles. The average Bonchev–Trinajstić information content (AvgIpc) is 2.72. The summed E-state index contributed by atoms with van der Waals surface area (Å²) in [7, 11) is -3.03. The molecule has 0 radical (unpaired) electrons. The molecule has 1 N–H and O–H groups in total. The molecule has 4 nitrogen and oxygen atoms in total. The number of hydrogen-bond donors (Lipinski definition) is 1. The Bertz CT molecular complexity index is 738. The van der Waals surface area contributed by atoms with E-state index in [2.05, 4.69) is 21.2 Å². The second-order valence-electron chi connectivity index (χ2n) is 5.35. The highest BCUT2D eigenvalue weighted by Crippen LogP contribution is 2.28. The lowest BCUT2D eigenvalue weighted by Gasteiger charge is -2.16. The van der Waals surface area contributed by atoms with Crippen LogP contribution in [0.3, 0.4) is 0 Å². The van der Waals surface area contributed by atoms with Crippen LogP contribution in [0.25, 0.3) is 11.0 Å². The minimum absolute atomic E-state index is 0.0956. The van der Waals surface area contributed by atoms with E-state index in [4.69, 9.17) is 4.42 Å². The lowest BCUT2D eigenvalue weighted by molar-refractivity contribution is 0.416. The first-order chi connectivity index (χ1) is 9.43. The van der Waals surface area contributed by atoms with E-state index in [0.717, 1.165) is 15.4 Å². The standard InChI is InChI=1S/C14H16BrNO3S/c1-9-4-5-20(17,18)8-12(16-9)14-7-10-6-11(15)2-3-13(10)19-14/h2-3,6-7,9,12,16H,4-5,8H2,1H3. The Morgan fingerprint density at radius 2 is 2.15 bits per heavy atom. The van der Waals surface area contributed by atoms with Gasteiger partial charge in [-0.15, -0.1) is 0 Å². The molecule has 1 aromatic heterocycles. The second-order valence-corrected chi connectivity index (χ2v) is 8.50. The number of furan rings is 1. The van der Waals surface area contributed by atoms with Gasteiger partial charge in [-0.3, -0.25) is 0 Å². The molecular weight excluding hydrogens is 342 g/mol. The van der Waals surface area contributed by atoms with Crippen LogP contribution in [-0.4, -0.2) is 26.0 Å². The molecule has 6 heteroatoms. The minimum atomic E-state index is -3.03. The molecule has 0 aliphatic carbocycles. The van der Waals surface area contributed by atoms with Gasteiger partial charge in [0.15, 0.2) is 9.84 Å². The average molecular weight is 358 g/mol. The van der Waals surface area contributed by atoms with Gasteiger partial charge in [0.05, 0.1) is 17.5 Å². The fraction of sp³-hybridized carbons (Fsp3) is 0.429. The van der Waals surface area contributed by atoms with Gasteiger partial charge in [-0.1, -0.05) is 15.9 Å². The summed E-state index contributed by atoms with van der Waals surface area (Å²) in [5, 5.41) is 4.32. The summed E-state index contributed by atoms with van der Waals surface area (Å²) in [5.41, 5.74) is 0.777. The van der Waals surface area contributed by atoms with E-state index in [1.807, 2.05) is 31.2 Å². The molecule has 2 atom stereocenters. The molecule has 1 saturated heterocycles. The quantitative estimate of drug-likeness (QED) is 0.851. The number of sulfone groups is 1. The Kier molecular flexibility index (Phi) is 3.64. The van der Waals surface area contributed by atoms with Gasteiger partial charge in [-0.25, -0.2) is 8.42 Å². The van der Waals surface area contributed by atoms with E-state index in [0.29, 0.717) is 12.2 Å². The topological polar surface area (TPSA) is 59.3 Å². The molecule has 0 bridgehead atoms. The summed E-state index contributed by atoms with van der Waals surface area (Å²) in [5.74, 6) is 1.03. The van der Waals surface area contributed by atoms with Crippen molar-refractivity contribution in [2.75, 3.05) is 11.5 Å². The highest BCUT2D eigenvalue weighted by atomic mass is 79.9. The normalized spacial score (nSPS) is 26.5. The Morgan fingerprint density at radius 1 is 1.35 bits per heavy atom. The van der Waals surface area contributed by atoms with Crippen molar-refractivity contribution in [2.45, 2.75) is 25.4 Å². The SMILES string of the molecule is CC1CCS(=O)(=O)CC(c2cc3cc(Br)ccc3o2)N1. The minimum Gasteiger partial charge on any atom is -0.459 e. The van der Waals surface area contributed by atoms with E-state index in [1.165, 1.54) is 0 Å². The number of hydrogen-bond acceptors (Lipinski definition) is 4. The third kappa shape index (κ3) is 2.92. The summed E-state index contributed by atoms with van der Waals surface area (Å²) < 4.78 is 30.8. The molecule has 1 fully saturated rings. The van der Waals surface area contributed by atoms with Crippen LogP contribution in [0, 0.1) is 0 Å². The van der Waals surface area contributed by atoms with Crippen LogP contribution in [0.2, 0.25) is 0 Å². The molecule has 1 aliphatic heterocycles. The predicted octanol–water partition coefficient (Wildman–Crippen LogP) is 3.03. The Labute approximate surface area is 126 Å². The Balaban J connectivity index is 2.00. The van der Waals surface area contributed by atoms with E-state index in [-0.39, 0.29) is 23.6 Å². The Morgan fingerprint density at radius 3 is 2.95 bits per heavy atom. The van der Waals surface area contributed by atoms with Gasteiger partial charge in [-0.2, -0.15) is 0 Å². The number of halogens is 1. The summed E-state index contributed by atoms with van der Waals surface area (Å²) in [6.07, 6.45) is 0.643. The summed E-state index contributed by atoms with van der Waals surface area (Å²) in [6, 6.07) is 7.58. The largest absolute Gasteiger partial charge is 0.459 e. The summed E-state index contributed by atoms with van der Waals surface area (Å²) in [4.78, 5) is 0.